The van der Waals surface area contributed by atoms with Crippen molar-refractivity contribution in [3.05, 3.63) is 88.9 Å². The summed E-state index contributed by atoms with van der Waals surface area (Å²) >= 11 is 0. The predicted molar refractivity (Wildman–Crippen MR) is 118 cm³/mol. The highest BCUT2D eigenvalue weighted by molar-refractivity contribution is 5.88. The first-order valence-corrected chi connectivity index (χ1v) is 9.72. The van der Waals surface area contributed by atoms with Crippen LogP contribution in [0.15, 0.2) is 72.0 Å². The van der Waals surface area contributed by atoms with Crippen LogP contribution in [0.5, 0.6) is 0 Å². The Labute approximate surface area is 176 Å². The number of fused-ring (bicyclic) bond motifs is 2. The zero-order valence-electron chi connectivity index (χ0n) is 16.6. The molecule has 0 fully saturated rings. The van der Waals surface area contributed by atoms with E-state index in [-0.39, 0.29) is 11.6 Å². The molecular weight excluding hydrogens is 390 g/mol. The number of nitrogens with zero attached hydrogens (tertiary/aromatic N) is 5. The Bertz CT molecular complexity index is 1510. The van der Waals surface area contributed by atoms with Crippen molar-refractivity contribution >= 4 is 27.8 Å². The van der Waals surface area contributed by atoms with Gasteiger partial charge in [0.1, 0.15) is 11.8 Å². The van der Waals surface area contributed by atoms with Gasteiger partial charge < -0.3 is 10.3 Å². The third-order valence-corrected chi connectivity index (χ3v) is 5.22. The maximum atomic E-state index is 13.6. The highest BCUT2D eigenvalue weighted by Gasteiger charge is 2.19. The van der Waals surface area contributed by atoms with Crippen LogP contribution in [0.4, 0.5) is 5.82 Å². The minimum Gasteiger partial charge on any atom is -0.360 e. The van der Waals surface area contributed by atoms with Crippen molar-refractivity contribution in [2.75, 3.05) is 5.32 Å². The van der Waals surface area contributed by atoms with Crippen LogP contribution < -0.4 is 10.9 Å². The number of benzene rings is 2. The molecule has 3 aromatic heterocycles. The molecule has 2 N–H and O–H groups in total. The Hall–Kier alpha value is -4.51. The van der Waals surface area contributed by atoms with Crippen LogP contribution in [0.3, 0.4) is 0 Å². The summed E-state index contributed by atoms with van der Waals surface area (Å²) in [6.45, 7) is 1.95. The average Bonchev–Trinajstić information content (AvgIpc) is 3.29. The second kappa shape index (κ2) is 7.39. The van der Waals surface area contributed by atoms with Gasteiger partial charge in [-0.1, -0.05) is 30.3 Å². The summed E-state index contributed by atoms with van der Waals surface area (Å²) in [4.78, 5) is 29.3. The first-order chi connectivity index (χ1) is 15.2. The van der Waals surface area contributed by atoms with Gasteiger partial charge in [-0.15, -0.1) is 0 Å². The van der Waals surface area contributed by atoms with Crippen LogP contribution in [0, 0.1) is 11.3 Å². The first-order valence-electron chi connectivity index (χ1n) is 9.72. The maximum Gasteiger partial charge on any atom is 0.264 e. The average molecular weight is 407 g/mol. The van der Waals surface area contributed by atoms with Gasteiger partial charge in [-0.2, -0.15) is 5.26 Å². The van der Waals surface area contributed by atoms with Crippen molar-refractivity contribution in [1.82, 2.24) is 24.5 Å². The molecule has 31 heavy (non-hydrogen) atoms. The summed E-state index contributed by atoms with van der Waals surface area (Å²) in [7, 11) is 0. The molecule has 0 aliphatic heterocycles. The second-order valence-electron chi connectivity index (χ2n) is 7.11. The van der Waals surface area contributed by atoms with Gasteiger partial charge in [0.2, 0.25) is 0 Å². The van der Waals surface area contributed by atoms with Gasteiger partial charge >= 0.3 is 0 Å². The summed E-state index contributed by atoms with van der Waals surface area (Å²) in [5, 5.41) is 14.0. The molecule has 3 heterocycles. The van der Waals surface area contributed by atoms with E-state index in [4.69, 9.17) is 0 Å². The molecule has 150 valence electrons. The van der Waals surface area contributed by atoms with E-state index in [1.165, 1.54) is 6.33 Å². The zero-order valence-corrected chi connectivity index (χ0v) is 16.6. The number of para-hydroxylation sites is 1. The summed E-state index contributed by atoms with van der Waals surface area (Å²) in [5.41, 5.74) is 2.82. The summed E-state index contributed by atoms with van der Waals surface area (Å²) in [6, 6.07) is 18.5. The molecule has 0 radical (unpaired) electrons. The number of rotatable bonds is 4. The van der Waals surface area contributed by atoms with Crippen molar-refractivity contribution in [3.8, 4) is 11.8 Å². The molecule has 0 aliphatic carbocycles. The Morgan fingerprint density at radius 3 is 2.74 bits per heavy atom. The second-order valence-corrected chi connectivity index (χ2v) is 7.11. The summed E-state index contributed by atoms with van der Waals surface area (Å²) < 4.78 is 1.64. The fourth-order valence-electron chi connectivity index (χ4n) is 3.79. The molecule has 0 saturated heterocycles. The van der Waals surface area contributed by atoms with E-state index in [9.17, 15) is 10.1 Å². The number of H-pyrrole nitrogens is 1. The number of hydrogen-bond acceptors (Lipinski definition) is 6. The third kappa shape index (κ3) is 3.09. The van der Waals surface area contributed by atoms with E-state index in [2.05, 4.69) is 31.3 Å². The van der Waals surface area contributed by atoms with Gasteiger partial charge in [0.05, 0.1) is 29.4 Å². The number of pyridine rings is 1. The normalized spacial score (nSPS) is 12.0. The molecule has 8 heteroatoms. The third-order valence-electron chi connectivity index (χ3n) is 5.22. The standard InChI is InChI=1S/C23H17N7O/c1-14(29-22-20-21(26-12-25-20)27-13-28-22)18-10-15-6-5-7-16(11-24)19(15)23(31)30(18)17-8-3-2-4-9-17/h2-10,12-14H,1H3,(H2,25,26,27,28,29). The number of nitrogens with one attached hydrogen (secondary N) is 2. The molecule has 1 atom stereocenters. The minimum absolute atomic E-state index is 0.239. The van der Waals surface area contributed by atoms with E-state index in [1.54, 1.807) is 23.0 Å². The lowest BCUT2D eigenvalue weighted by Gasteiger charge is -2.21. The SMILES string of the molecule is CC(Nc1ncnc2[nH]cnc12)c1cc2cccc(C#N)c2c(=O)n1-c1ccccc1. The van der Waals surface area contributed by atoms with Crippen LogP contribution in [-0.2, 0) is 0 Å². The minimum atomic E-state index is -0.294. The predicted octanol–water partition coefficient (Wildman–Crippen LogP) is 3.70. The van der Waals surface area contributed by atoms with Crippen molar-refractivity contribution in [3.63, 3.8) is 0 Å². The number of nitriles is 1. The van der Waals surface area contributed by atoms with Crippen LogP contribution in [0.2, 0.25) is 0 Å². The van der Waals surface area contributed by atoms with Crippen molar-refractivity contribution in [2.24, 2.45) is 0 Å². The van der Waals surface area contributed by atoms with E-state index >= 15 is 0 Å². The smallest absolute Gasteiger partial charge is 0.264 e. The maximum absolute atomic E-state index is 13.6. The summed E-state index contributed by atoms with van der Waals surface area (Å²) in [5.74, 6) is 0.566. The Balaban J connectivity index is 1.73. The Morgan fingerprint density at radius 1 is 1.10 bits per heavy atom. The number of imidazole rings is 1. The fraction of sp³-hybridized carbons (Fsp3) is 0.0870. The Morgan fingerprint density at radius 2 is 1.94 bits per heavy atom. The number of hydrogen-bond donors (Lipinski definition) is 2. The van der Waals surface area contributed by atoms with Gasteiger partial charge in [-0.25, -0.2) is 15.0 Å². The number of anilines is 1. The highest BCUT2D eigenvalue weighted by atomic mass is 16.1. The lowest BCUT2D eigenvalue weighted by molar-refractivity contribution is 0.774. The first kappa shape index (κ1) is 18.5. The van der Waals surface area contributed by atoms with Gasteiger partial charge in [0.15, 0.2) is 11.5 Å². The topological polar surface area (TPSA) is 112 Å². The van der Waals surface area contributed by atoms with Crippen LogP contribution in [0.1, 0.15) is 24.2 Å². The van der Waals surface area contributed by atoms with Gasteiger partial charge in [0, 0.05) is 11.4 Å². The molecular formula is C23H17N7O. The molecule has 0 spiro atoms. The van der Waals surface area contributed by atoms with Crippen LogP contribution in [-0.4, -0.2) is 24.5 Å². The monoisotopic (exact) mass is 407 g/mol. The van der Waals surface area contributed by atoms with Gasteiger partial charge in [0.25, 0.3) is 5.56 Å². The molecule has 0 saturated carbocycles. The molecule has 1 unspecified atom stereocenters. The molecule has 2 aromatic carbocycles. The summed E-state index contributed by atoms with van der Waals surface area (Å²) in [6.07, 6.45) is 3.02. The van der Waals surface area contributed by atoms with Crippen molar-refractivity contribution < 1.29 is 0 Å². The lowest BCUT2D eigenvalue weighted by atomic mass is 10.0. The van der Waals surface area contributed by atoms with Gasteiger partial charge in [-0.05, 0) is 36.6 Å². The largest absolute Gasteiger partial charge is 0.360 e. The van der Waals surface area contributed by atoms with Gasteiger partial charge in [-0.3, -0.25) is 9.36 Å². The quantitative estimate of drug-likeness (QED) is 0.470. The van der Waals surface area contributed by atoms with Crippen molar-refractivity contribution in [1.29, 1.82) is 5.26 Å². The van der Waals surface area contributed by atoms with E-state index in [1.807, 2.05) is 49.4 Å². The van der Waals surface area contributed by atoms with Crippen LogP contribution >= 0.6 is 0 Å². The highest BCUT2D eigenvalue weighted by Crippen LogP contribution is 2.26. The Kier molecular flexibility index (Phi) is 4.41. The zero-order chi connectivity index (χ0) is 21.4. The molecule has 0 aliphatic rings. The molecule has 0 bridgehead atoms. The van der Waals surface area contributed by atoms with Crippen molar-refractivity contribution in [2.45, 2.75) is 13.0 Å². The molecule has 5 rings (SSSR count). The molecule has 0 amide bonds. The van der Waals surface area contributed by atoms with Crippen LogP contribution in [0.25, 0.3) is 27.6 Å². The number of aromatic amines is 1. The van der Waals surface area contributed by atoms with E-state index in [0.717, 1.165) is 11.4 Å². The van der Waals surface area contributed by atoms with E-state index < -0.39 is 0 Å². The number of aromatic nitrogens is 5. The fourth-order valence-corrected chi connectivity index (χ4v) is 3.79. The molecule has 5 aromatic rings. The lowest BCUT2D eigenvalue weighted by Crippen LogP contribution is -2.26. The molecule has 8 nitrogen and oxygen atoms in total. The van der Waals surface area contributed by atoms with E-state index in [0.29, 0.717) is 33.3 Å².